The molecule has 1 saturated carbocycles. The van der Waals surface area contributed by atoms with Crippen molar-refractivity contribution in [3.63, 3.8) is 0 Å². The molecule has 0 spiro atoms. The summed E-state index contributed by atoms with van der Waals surface area (Å²) in [4.78, 5) is 0. The minimum atomic E-state index is 0.748. The van der Waals surface area contributed by atoms with E-state index in [9.17, 15) is 0 Å². The zero-order valence-electron chi connectivity index (χ0n) is 7.68. The first kappa shape index (κ1) is 9.05. The van der Waals surface area contributed by atoms with Gasteiger partial charge in [0, 0.05) is 0 Å². The van der Waals surface area contributed by atoms with Crippen LogP contribution in [-0.2, 0) is 0 Å². The Morgan fingerprint density at radius 2 is 1.91 bits per heavy atom. The van der Waals surface area contributed by atoms with Gasteiger partial charge in [-0.05, 0) is 24.8 Å². The predicted octanol–water partition coefficient (Wildman–Crippen LogP) is 2.55. The van der Waals surface area contributed by atoms with Crippen LogP contribution in [0.5, 0.6) is 0 Å². The van der Waals surface area contributed by atoms with Crippen LogP contribution in [0, 0.1) is 11.8 Å². The van der Waals surface area contributed by atoms with E-state index in [4.69, 9.17) is 5.73 Å². The summed E-state index contributed by atoms with van der Waals surface area (Å²) in [6.45, 7) is 3.14. The predicted molar refractivity (Wildman–Crippen MR) is 49.4 cm³/mol. The van der Waals surface area contributed by atoms with Crippen LogP contribution in [0.15, 0.2) is 0 Å². The number of hydrogen-bond acceptors (Lipinski definition) is 1. The summed E-state index contributed by atoms with van der Waals surface area (Å²) in [5, 5.41) is 0. The normalized spacial score (nSPS) is 23.5. The Morgan fingerprint density at radius 3 is 2.45 bits per heavy atom. The summed E-state index contributed by atoms with van der Waals surface area (Å²) in [5.74, 6) is 1.75. The molecule has 1 heteroatoms. The minimum Gasteiger partial charge on any atom is -0.330 e. The van der Waals surface area contributed by atoms with Crippen LogP contribution in [0.3, 0.4) is 0 Å². The van der Waals surface area contributed by atoms with Gasteiger partial charge in [-0.1, -0.05) is 39.0 Å². The van der Waals surface area contributed by atoms with Gasteiger partial charge in [-0.25, -0.2) is 0 Å². The van der Waals surface area contributed by atoms with Crippen molar-refractivity contribution >= 4 is 0 Å². The lowest BCUT2D eigenvalue weighted by molar-refractivity contribution is 0.299. The topological polar surface area (TPSA) is 26.0 Å². The van der Waals surface area contributed by atoms with E-state index in [1.54, 1.807) is 0 Å². The van der Waals surface area contributed by atoms with E-state index < -0.39 is 0 Å². The van der Waals surface area contributed by atoms with Gasteiger partial charge < -0.3 is 5.73 Å². The monoisotopic (exact) mass is 155 g/mol. The molecule has 0 bridgehead atoms. The highest BCUT2D eigenvalue weighted by molar-refractivity contribution is 4.68. The van der Waals surface area contributed by atoms with Gasteiger partial charge in [-0.15, -0.1) is 0 Å². The van der Waals surface area contributed by atoms with Crippen molar-refractivity contribution < 1.29 is 0 Å². The van der Waals surface area contributed by atoms with Gasteiger partial charge in [0.25, 0.3) is 0 Å². The van der Waals surface area contributed by atoms with E-state index in [-0.39, 0.29) is 0 Å². The fourth-order valence-corrected chi connectivity index (χ4v) is 2.09. The molecule has 0 saturated heterocycles. The summed E-state index contributed by atoms with van der Waals surface area (Å²) in [6, 6.07) is 0. The molecule has 0 aromatic carbocycles. The molecule has 0 unspecified atom stereocenters. The Morgan fingerprint density at radius 1 is 1.27 bits per heavy atom. The molecule has 66 valence electrons. The van der Waals surface area contributed by atoms with E-state index in [2.05, 4.69) is 6.92 Å². The number of hydrogen-bond donors (Lipinski definition) is 1. The van der Waals surface area contributed by atoms with E-state index in [1.807, 2.05) is 0 Å². The van der Waals surface area contributed by atoms with Gasteiger partial charge in [-0.3, -0.25) is 0 Å². The van der Waals surface area contributed by atoms with E-state index >= 15 is 0 Å². The second-order valence-electron chi connectivity index (χ2n) is 4.08. The quantitative estimate of drug-likeness (QED) is 0.666. The second-order valence-corrected chi connectivity index (χ2v) is 4.08. The molecular weight excluding hydrogens is 134 g/mol. The first-order valence-electron chi connectivity index (χ1n) is 5.03. The van der Waals surface area contributed by atoms with Crippen LogP contribution < -0.4 is 5.73 Å². The summed E-state index contributed by atoms with van der Waals surface area (Å²) in [6.07, 6.45) is 8.68. The van der Waals surface area contributed by atoms with Crippen LogP contribution in [0.2, 0.25) is 0 Å². The summed E-state index contributed by atoms with van der Waals surface area (Å²) in [5.41, 5.74) is 5.59. The highest BCUT2D eigenvalue weighted by Gasteiger charge is 2.15. The molecule has 1 atom stereocenters. The molecule has 1 aliphatic carbocycles. The van der Waals surface area contributed by atoms with Gasteiger partial charge in [0.2, 0.25) is 0 Å². The van der Waals surface area contributed by atoms with E-state index in [0.717, 1.165) is 18.4 Å². The van der Waals surface area contributed by atoms with Gasteiger partial charge in [0.1, 0.15) is 0 Å². The van der Waals surface area contributed by atoms with Gasteiger partial charge in [0.15, 0.2) is 0 Å². The van der Waals surface area contributed by atoms with Crippen LogP contribution in [0.4, 0.5) is 0 Å². The van der Waals surface area contributed by atoms with Crippen molar-refractivity contribution in [2.45, 2.75) is 45.4 Å². The highest BCUT2D eigenvalue weighted by Crippen LogP contribution is 2.28. The molecule has 2 N–H and O–H groups in total. The van der Waals surface area contributed by atoms with Crippen LogP contribution in [0.25, 0.3) is 0 Å². The van der Waals surface area contributed by atoms with Crippen molar-refractivity contribution in [1.82, 2.24) is 0 Å². The van der Waals surface area contributed by atoms with Crippen molar-refractivity contribution in [2.24, 2.45) is 17.6 Å². The molecule has 1 aliphatic rings. The van der Waals surface area contributed by atoms with Crippen LogP contribution in [0.1, 0.15) is 45.4 Å². The molecule has 0 aliphatic heterocycles. The van der Waals surface area contributed by atoms with Crippen LogP contribution >= 0.6 is 0 Å². The molecule has 1 fully saturated rings. The molecular formula is C10H21N. The van der Waals surface area contributed by atoms with Gasteiger partial charge in [0.05, 0.1) is 0 Å². The zero-order chi connectivity index (χ0) is 8.10. The standard InChI is InChI=1S/C10H21N/c1-9(8-11)7-10-5-3-2-4-6-10/h9-10H,2-8,11H2,1H3/t9-/m0/s1. The smallest absolute Gasteiger partial charge is 0.00514 e. The Kier molecular flexibility index (Phi) is 3.92. The van der Waals surface area contributed by atoms with Crippen LogP contribution in [-0.4, -0.2) is 6.54 Å². The molecule has 1 nitrogen and oxygen atoms in total. The lowest BCUT2D eigenvalue weighted by Gasteiger charge is -2.23. The minimum absolute atomic E-state index is 0.748. The highest BCUT2D eigenvalue weighted by atomic mass is 14.5. The lowest BCUT2D eigenvalue weighted by atomic mass is 9.83. The molecule has 0 aromatic rings. The molecule has 11 heavy (non-hydrogen) atoms. The van der Waals surface area contributed by atoms with E-state index in [1.165, 1.54) is 38.5 Å². The third-order valence-corrected chi connectivity index (χ3v) is 2.86. The van der Waals surface area contributed by atoms with Crippen molar-refractivity contribution in [2.75, 3.05) is 6.54 Å². The Labute approximate surface area is 70.4 Å². The van der Waals surface area contributed by atoms with E-state index in [0.29, 0.717) is 0 Å². The second kappa shape index (κ2) is 4.76. The SMILES string of the molecule is C[C@H](CN)CC1CCCCC1. The fraction of sp³-hybridized carbons (Fsp3) is 1.00. The third kappa shape index (κ3) is 3.24. The Balaban J connectivity index is 2.13. The Hall–Kier alpha value is -0.0400. The average Bonchev–Trinajstić information content (AvgIpc) is 2.06. The average molecular weight is 155 g/mol. The maximum atomic E-state index is 5.59. The summed E-state index contributed by atoms with van der Waals surface area (Å²) < 4.78 is 0. The van der Waals surface area contributed by atoms with Crippen molar-refractivity contribution in [3.8, 4) is 0 Å². The maximum Gasteiger partial charge on any atom is -0.00514 e. The van der Waals surface area contributed by atoms with Gasteiger partial charge >= 0.3 is 0 Å². The van der Waals surface area contributed by atoms with Crippen molar-refractivity contribution in [3.05, 3.63) is 0 Å². The first-order chi connectivity index (χ1) is 5.33. The molecule has 0 radical (unpaired) electrons. The van der Waals surface area contributed by atoms with Gasteiger partial charge in [-0.2, -0.15) is 0 Å². The largest absolute Gasteiger partial charge is 0.330 e. The first-order valence-corrected chi connectivity index (χ1v) is 5.03. The third-order valence-electron chi connectivity index (χ3n) is 2.86. The fourth-order valence-electron chi connectivity index (χ4n) is 2.09. The van der Waals surface area contributed by atoms with Crippen molar-refractivity contribution in [1.29, 1.82) is 0 Å². The summed E-state index contributed by atoms with van der Waals surface area (Å²) in [7, 11) is 0. The number of nitrogens with two attached hydrogens (primary N) is 1. The maximum absolute atomic E-state index is 5.59. The molecule has 0 heterocycles. The Bertz CT molecular complexity index is 95.0. The summed E-state index contributed by atoms with van der Waals surface area (Å²) >= 11 is 0. The lowest BCUT2D eigenvalue weighted by Crippen LogP contribution is -2.16. The molecule has 1 rings (SSSR count). The molecule has 0 amide bonds. The molecule has 0 aromatic heterocycles. The number of rotatable bonds is 3. The zero-order valence-corrected chi connectivity index (χ0v) is 7.68.